The molecule has 0 amide bonds. The Labute approximate surface area is 187 Å². The fraction of sp³-hybridized carbons (Fsp3) is 0.667. The van der Waals surface area contributed by atoms with Gasteiger partial charge in [-0.05, 0) is 44.5 Å². The minimum absolute atomic E-state index is 0. The molecule has 0 saturated heterocycles. The summed E-state index contributed by atoms with van der Waals surface area (Å²) in [5.74, 6) is 1.81. The van der Waals surface area contributed by atoms with Crippen molar-refractivity contribution >= 4 is 29.9 Å². The molecular formula is C21H37IN4O2. The second kappa shape index (κ2) is 14.9. The molecule has 1 aromatic carbocycles. The molecule has 2 rings (SSSR count). The molecule has 1 aliphatic rings. The van der Waals surface area contributed by atoms with Crippen LogP contribution in [0.25, 0.3) is 0 Å². The van der Waals surface area contributed by atoms with Gasteiger partial charge >= 0.3 is 0 Å². The summed E-state index contributed by atoms with van der Waals surface area (Å²) >= 11 is 0. The van der Waals surface area contributed by atoms with Crippen LogP contribution in [0.5, 0.6) is 5.75 Å². The van der Waals surface area contributed by atoms with Gasteiger partial charge in [-0.2, -0.15) is 0 Å². The molecule has 1 aliphatic carbocycles. The number of halogens is 1. The number of likely N-dealkylation sites (N-methyl/N-ethyl adjacent to an activating group) is 1. The molecule has 0 atom stereocenters. The molecule has 0 radical (unpaired) electrons. The number of aliphatic imine (C=N–C) groups is 1. The predicted octanol–water partition coefficient (Wildman–Crippen LogP) is 3.26. The van der Waals surface area contributed by atoms with Gasteiger partial charge in [0.05, 0.1) is 13.2 Å². The van der Waals surface area contributed by atoms with E-state index in [1.165, 1.54) is 25.7 Å². The van der Waals surface area contributed by atoms with Crippen molar-refractivity contribution in [2.24, 2.45) is 4.99 Å². The molecule has 1 fully saturated rings. The molecule has 0 heterocycles. The van der Waals surface area contributed by atoms with Gasteiger partial charge in [-0.1, -0.05) is 25.0 Å². The first-order valence-electron chi connectivity index (χ1n) is 10.1. The SMILES string of the molecule is CCNC(=NCc1cccc(OCCN(C)CCOC)c1)NC1CCCC1.I. The molecular weight excluding hydrogens is 467 g/mol. The monoisotopic (exact) mass is 504 g/mol. The first-order chi connectivity index (χ1) is 13.2. The van der Waals surface area contributed by atoms with Gasteiger partial charge in [-0.25, -0.2) is 4.99 Å². The van der Waals surface area contributed by atoms with Gasteiger partial charge in [-0.15, -0.1) is 24.0 Å². The largest absolute Gasteiger partial charge is 0.492 e. The van der Waals surface area contributed by atoms with Crippen LogP contribution in [0.2, 0.25) is 0 Å². The molecule has 160 valence electrons. The Bertz CT molecular complexity index is 565. The van der Waals surface area contributed by atoms with E-state index in [2.05, 4.69) is 41.6 Å². The molecule has 28 heavy (non-hydrogen) atoms. The third kappa shape index (κ3) is 9.93. The standard InChI is InChI=1S/C21H36N4O2.HI/c1-4-22-21(24-19-9-5-6-10-19)23-17-18-8-7-11-20(16-18)27-15-13-25(2)12-14-26-3;/h7-8,11,16,19H,4-6,9-10,12-15,17H2,1-3H3,(H2,22,23,24);1H. The van der Waals surface area contributed by atoms with E-state index in [-0.39, 0.29) is 24.0 Å². The highest BCUT2D eigenvalue weighted by Crippen LogP contribution is 2.18. The minimum atomic E-state index is 0. The summed E-state index contributed by atoms with van der Waals surface area (Å²) in [4.78, 5) is 6.95. The Balaban J connectivity index is 0.00000392. The van der Waals surface area contributed by atoms with Gasteiger partial charge in [0.15, 0.2) is 5.96 Å². The summed E-state index contributed by atoms with van der Waals surface area (Å²) in [5, 5.41) is 6.91. The fourth-order valence-corrected chi connectivity index (χ4v) is 3.17. The van der Waals surface area contributed by atoms with Crippen molar-refractivity contribution in [3.8, 4) is 5.75 Å². The number of hydrogen-bond acceptors (Lipinski definition) is 4. The van der Waals surface area contributed by atoms with E-state index in [0.717, 1.165) is 43.5 Å². The molecule has 6 nitrogen and oxygen atoms in total. The topological polar surface area (TPSA) is 58.1 Å². The van der Waals surface area contributed by atoms with Crippen LogP contribution in [-0.2, 0) is 11.3 Å². The summed E-state index contributed by atoms with van der Waals surface area (Å²) in [6, 6.07) is 8.78. The van der Waals surface area contributed by atoms with Crippen LogP contribution in [0.15, 0.2) is 29.3 Å². The van der Waals surface area contributed by atoms with E-state index in [0.29, 0.717) is 19.2 Å². The van der Waals surface area contributed by atoms with E-state index in [1.807, 2.05) is 12.1 Å². The Morgan fingerprint density at radius 1 is 1.21 bits per heavy atom. The second-order valence-electron chi connectivity index (χ2n) is 7.11. The van der Waals surface area contributed by atoms with Crippen molar-refractivity contribution in [1.29, 1.82) is 0 Å². The molecule has 1 aromatic rings. The first-order valence-corrected chi connectivity index (χ1v) is 10.1. The van der Waals surface area contributed by atoms with Crippen LogP contribution in [0.4, 0.5) is 0 Å². The molecule has 0 spiro atoms. The smallest absolute Gasteiger partial charge is 0.191 e. The second-order valence-corrected chi connectivity index (χ2v) is 7.11. The molecule has 0 unspecified atom stereocenters. The predicted molar refractivity (Wildman–Crippen MR) is 127 cm³/mol. The van der Waals surface area contributed by atoms with Crippen molar-refractivity contribution in [3.63, 3.8) is 0 Å². The highest BCUT2D eigenvalue weighted by atomic mass is 127. The van der Waals surface area contributed by atoms with Crippen molar-refractivity contribution in [2.75, 3.05) is 47.0 Å². The van der Waals surface area contributed by atoms with E-state index < -0.39 is 0 Å². The van der Waals surface area contributed by atoms with Crippen LogP contribution in [0, 0.1) is 0 Å². The highest BCUT2D eigenvalue weighted by molar-refractivity contribution is 14.0. The van der Waals surface area contributed by atoms with Crippen LogP contribution in [-0.4, -0.2) is 63.9 Å². The molecule has 0 aromatic heterocycles. The van der Waals surface area contributed by atoms with Crippen LogP contribution in [0.3, 0.4) is 0 Å². The molecule has 1 saturated carbocycles. The van der Waals surface area contributed by atoms with Gasteiger partial charge < -0.3 is 25.0 Å². The van der Waals surface area contributed by atoms with Crippen LogP contribution >= 0.6 is 24.0 Å². The minimum Gasteiger partial charge on any atom is -0.492 e. The third-order valence-corrected chi connectivity index (χ3v) is 4.78. The Hall–Kier alpha value is -1.06. The number of methoxy groups -OCH3 is 1. The maximum Gasteiger partial charge on any atom is 0.191 e. The van der Waals surface area contributed by atoms with Gasteiger partial charge in [0.2, 0.25) is 0 Å². The molecule has 0 bridgehead atoms. The van der Waals surface area contributed by atoms with E-state index in [9.17, 15) is 0 Å². The number of hydrogen-bond donors (Lipinski definition) is 2. The van der Waals surface area contributed by atoms with Gasteiger partial charge in [0.1, 0.15) is 12.4 Å². The van der Waals surface area contributed by atoms with E-state index in [1.54, 1.807) is 7.11 Å². The van der Waals surface area contributed by atoms with Crippen molar-refractivity contribution < 1.29 is 9.47 Å². The highest BCUT2D eigenvalue weighted by Gasteiger charge is 2.15. The van der Waals surface area contributed by atoms with Gasteiger partial charge in [-0.3, -0.25) is 0 Å². The lowest BCUT2D eigenvalue weighted by atomic mass is 10.2. The van der Waals surface area contributed by atoms with Crippen molar-refractivity contribution in [3.05, 3.63) is 29.8 Å². The zero-order valence-electron chi connectivity index (χ0n) is 17.6. The lowest BCUT2D eigenvalue weighted by molar-refractivity contribution is 0.150. The quantitative estimate of drug-likeness (QED) is 0.275. The summed E-state index contributed by atoms with van der Waals surface area (Å²) in [6.45, 7) is 6.82. The molecule has 7 heteroatoms. The summed E-state index contributed by atoms with van der Waals surface area (Å²) in [5.41, 5.74) is 1.16. The number of nitrogens with one attached hydrogen (secondary N) is 2. The number of guanidine groups is 1. The number of nitrogens with zero attached hydrogens (tertiary/aromatic N) is 2. The average molecular weight is 504 g/mol. The van der Waals surface area contributed by atoms with Crippen molar-refractivity contribution in [2.45, 2.75) is 45.2 Å². The van der Waals surface area contributed by atoms with Crippen LogP contribution < -0.4 is 15.4 Å². The van der Waals surface area contributed by atoms with Crippen molar-refractivity contribution in [1.82, 2.24) is 15.5 Å². The zero-order chi connectivity index (χ0) is 19.3. The maximum absolute atomic E-state index is 5.90. The van der Waals surface area contributed by atoms with Gasteiger partial charge in [0.25, 0.3) is 0 Å². The van der Waals surface area contributed by atoms with Gasteiger partial charge in [0, 0.05) is 32.8 Å². The lowest BCUT2D eigenvalue weighted by Gasteiger charge is -2.17. The average Bonchev–Trinajstić information content (AvgIpc) is 3.18. The van der Waals surface area contributed by atoms with Crippen LogP contribution in [0.1, 0.15) is 38.2 Å². The third-order valence-electron chi connectivity index (χ3n) is 4.78. The molecule has 0 aliphatic heterocycles. The Morgan fingerprint density at radius 2 is 1.96 bits per heavy atom. The fourth-order valence-electron chi connectivity index (χ4n) is 3.17. The molecule has 2 N–H and O–H groups in total. The summed E-state index contributed by atoms with van der Waals surface area (Å²) in [6.07, 6.45) is 5.12. The Morgan fingerprint density at radius 3 is 2.68 bits per heavy atom. The number of rotatable bonds is 11. The maximum atomic E-state index is 5.90. The Kier molecular flexibility index (Phi) is 13.3. The van der Waals surface area contributed by atoms with E-state index in [4.69, 9.17) is 14.5 Å². The number of ether oxygens (including phenoxy) is 2. The van der Waals surface area contributed by atoms with E-state index >= 15 is 0 Å². The summed E-state index contributed by atoms with van der Waals surface area (Å²) < 4.78 is 11.0. The normalized spacial score (nSPS) is 14.8. The first kappa shape index (κ1) is 25.0. The lowest BCUT2D eigenvalue weighted by Crippen LogP contribution is -2.42. The summed E-state index contributed by atoms with van der Waals surface area (Å²) in [7, 11) is 3.80. The zero-order valence-corrected chi connectivity index (χ0v) is 19.9. The number of benzene rings is 1.